The Morgan fingerprint density at radius 1 is 1.44 bits per heavy atom. The van der Waals surface area contributed by atoms with Gasteiger partial charge in [0.05, 0.1) is 6.54 Å². The Balaban J connectivity index is 0.00000289. The number of carbonyl (C=O) groups excluding carboxylic acids is 1. The lowest BCUT2D eigenvalue weighted by Crippen LogP contribution is -2.34. The van der Waals surface area contributed by atoms with Crippen LogP contribution in [0.15, 0.2) is 24.3 Å². The van der Waals surface area contributed by atoms with Gasteiger partial charge < -0.3 is 15.8 Å². The van der Waals surface area contributed by atoms with Crippen LogP contribution in [-0.4, -0.2) is 25.1 Å². The third-order valence-corrected chi connectivity index (χ3v) is 2.36. The van der Waals surface area contributed by atoms with Gasteiger partial charge in [0.2, 0.25) is 5.91 Å². The summed E-state index contributed by atoms with van der Waals surface area (Å²) in [7, 11) is 0. The molecular formula is C12H18Cl2N2O2. The molecule has 0 radical (unpaired) electrons. The molecular weight excluding hydrogens is 275 g/mol. The second-order valence-electron chi connectivity index (χ2n) is 3.73. The highest BCUT2D eigenvalue weighted by Crippen LogP contribution is 2.16. The van der Waals surface area contributed by atoms with Crippen LogP contribution in [0.2, 0.25) is 5.02 Å². The third kappa shape index (κ3) is 6.69. The maximum Gasteiger partial charge on any atom is 0.221 e. The van der Waals surface area contributed by atoms with Crippen LogP contribution in [0.25, 0.3) is 0 Å². The molecule has 1 aromatic carbocycles. The van der Waals surface area contributed by atoms with E-state index in [4.69, 9.17) is 22.1 Å². The van der Waals surface area contributed by atoms with Gasteiger partial charge in [-0.2, -0.15) is 0 Å². The van der Waals surface area contributed by atoms with Crippen molar-refractivity contribution < 1.29 is 9.53 Å². The fourth-order valence-electron chi connectivity index (χ4n) is 1.26. The summed E-state index contributed by atoms with van der Waals surface area (Å²) in [5.41, 5.74) is 5.27. The maximum absolute atomic E-state index is 11.2. The number of halogens is 2. The van der Waals surface area contributed by atoms with Crippen molar-refractivity contribution in [3.63, 3.8) is 0 Å². The molecule has 3 N–H and O–H groups in total. The predicted octanol–water partition coefficient (Wildman–Crippen LogP) is 1.99. The van der Waals surface area contributed by atoms with Gasteiger partial charge in [0.15, 0.2) is 0 Å². The number of rotatable bonds is 6. The number of nitrogens with one attached hydrogen (secondary N) is 1. The summed E-state index contributed by atoms with van der Waals surface area (Å²) >= 11 is 5.76. The Labute approximate surface area is 118 Å². The van der Waals surface area contributed by atoms with Gasteiger partial charge in [0.1, 0.15) is 11.9 Å². The summed E-state index contributed by atoms with van der Waals surface area (Å²) in [5.74, 6) is 0.675. The summed E-state index contributed by atoms with van der Waals surface area (Å²) in [6.07, 6.45) is 0.242. The van der Waals surface area contributed by atoms with Crippen LogP contribution in [0.4, 0.5) is 0 Å². The van der Waals surface area contributed by atoms with Crippen molar-refractivity contribution in [1.29, 1.82) is 0 Å². The fraction of sp³-hybridized carbons (Fsp3) is 0.417. The second kappa shape index (κ2) is 9.03. The molecule has 0 spiro atoms. The van der Waals surface area contributed by atoms with E-state index in [0.717, 1.165) is 5.75 Å². The molecule has 0 heterocycles. The maximum atomic E-state index is 11.2. The Morgan fingerprint density at radius 3 is 2.61 bits per heavy atom. The first-order valence-corrected chi connectivity index (χ1v) is 5.88. The molecule has 0 aliphatic rings. The number of nitrogens with two attached hydrogens (primary N) is 1. The molecule has 0 aromatic heterocycles. The van der Waals surface area contributed by atoms with E-state index in [9.17, 15) is 4.79 Å². The van der Waals surface area contributed by atoms with Gasteiger partial charge in [0.25, 0.3) is 0 Å². The highest BCUT2D eigenvalue weighted by Gasteiger charge is 2.06. The molecule has 18 heavy (non-hydrogen) atoms. The van der Waals surface area contributed by atoms with Gasteiger partial charge in [-0.3, -0.25) is 4.79 Å². The van der Waals surface area contributed by atoms with E-state index in [1.54, 1.807) is 24.3 Å². The molecule has 1 atom stereocenters. The summed E-state index contributed by atoms with van der Waals surface area (Å²) in [5, 5.41) is 3.41. The van der Waals surface area contributed by atoms with Crippen LogP contribution in [0.3, 0.4) is 0 Å². The smallest absolute Gasteiger partial charge is 0.221 e. The normalized spacial score (nSPS) is 11.3. The average Bonchev–Trinajstić information content (AvgIpc) is 2.30. The van der Waals surface area contributed by atoms with E-state index in [1.807, 2.05) is 6.92 Å². The van der Waals surface area contributed by atoms with Crippen molar-refractivity contribution in [2.75, 3.05) is 13.1 Å². The molecule has 1 aromatic rings. The molecule has 0 aliphatic heterocycles. The predicted molar refractivity (Wildman–Crippen MR) is 75.5 cm³/mol. The number of hydrogen-bond donors (Lipinski definition) is 2. The molecule has 0 saturated carbocycles. The zero-order valence-electron chi connectivity index (χ0n) is 10.2. The molecule has 1 rings (SSSR count). The van der Waals surface area contributed by atoms with E-state index < -0.39 is 0 Å². The molecule has 1 amide bonds. The number of carbonyl (C=O) groups is 1. The van der Waals surface area contributed by atoms with Crippen molar-refractivity contribution in [2.45, 2.75) is 19.4 Å². The topological polar surface area (TPSA) is 64.4 Å². The first-order chi connectivity index (χ1) is 8.11. The molecule has 4 nitrogen and oxygen atoms in total. The fourth-order valence-corrected chi connectivity index (χ4v) is 1.39. The Morgan fingerprint density at radius 2 is 2.06 bits per heavy atom. The first-order valence-electron chi connectivity index (χ1n) is 5.51. The molecule has 1 unspecified atom stereocenters. The number of amides is 1. The first kappa shape index (κ1) is 17.0. The second-order valence-corrected chi connectivity index (χ2v) is 4.16. The van der Waals surface area contributed by atoms with Crippen molar-refractivity contribution >= 4 is 29.9 Å². The molecule has 0 aliphatic carbocycles. The van der Waals surface area contributed by atoms with Gasteiger partial charge in [0, 0.05) is 18.0 Å². The minimum absolute atomic E-state index is 0. The zero-order chi connectivity index (χ0) is 12.7. The van der Waals surface area contributed by atoms with Crippen molar-refractivity contribution in [2.24, 2.45) is 5.73 Å². The van der Waals surface area contributed by atoms with Crippen LogP contribution >= 0.6 is 24.0 Å². The number of ether oxygens (including phenoxy) is 1. The monoisotopic (exact) mass is 292 g/mol. The van der Waals surface area contributed by atoms with Gasteiger partial charge in [-0.15, -0.1) is 12.4 Å². The van der Waals surface area contributed by atoms with Crippen LogP contribution in [0, 0.1) is 0 Å². The highest BCUT2D eigenvalue weighted by atomic mass is 35.5. The van der Waals surface area contributed by atoms with Crippen LogP contribution in [0.1, 0.15) is 13.3 Å². The lowest BCUT2D eigenvalue weighted by molar-refractivity contribution is -0.121. The standard InChI is InChI=1S/C12H17ClN2O2.ClH/c1-9(8-15-12(16)6-7-14)17-11-4-2-10(13)3-5-11;/h2-5,9H,6-8,14H2,1H3,(H,15,16);1H. The van der Waals surface area contributed by atoms with Crippen LogP contribution in [-0.2, 0) is 4.79 Å². The van der Waals surface area contributed by atoms with E-state index in [0.29, 0.717) is 24.5 Å². The Hall–Kier alpha value is -0.970. The molecule has 102 valence electrons. The largest absolute Gasteiger partial charge is 0.489 e. The van der Waals surface area contributed by atoms with Gasteiger partial charge >= 0.3 is 0 Å². The zero-order valence-corrected chi connectivity index (χ0v) is 11.8. The average molecular weight is 293 g/mol. The molecule has 0 saturated heterocycles. The highest BCUT2D eigenvalue weighted by molar-refractivity contribution is 6.30. The molecule has 0 bridgehead atoms. The Bertz CT molecular complexity index is 358. The van der Waals surface area contributed by atoms with Gasteiger partial charge in [-0.25, -0.2) is 0 Å². The summed E-state index contributed by atoms with van der Waals surface area (Å²) in [6.45, 7) is 2.71. The molecule has 0 fully saturated rings. The Kier molecular flexibility index (Phi) is 8.54. The van der Waals surface area contributed by atoms with E-state index in [2.05, 4.69) is 5.32 Å². The van der Waals surface area contributed by atoms with E-state index in [1.165, 1.54) is 0 Å². The summed E-state index contributed by atoms with van der Waals surface area (Å²) < 4.78 is 5.59. The lowest BCUT2D eigenvalue weighted by Gasteiger charge is -2.15. The third-order valence-electron chi connectivity index (χ3n) is 2.11. The minimum atomic E-state index is -0.0992. The van der Waals surface area contributed by atoms with Crippen LogP contribution in [0.5, 0.6) is 5.75 Å². The van der Waals surface area contributed by atoms with E-state index in [-0.39, 0.29) is 24.4 Å². The van der Waals surface area contributed by atoms with Crippen molar-refractivity contribution in [3.8, 4) is 5.75 Å². The number of hydrogen-bond acceptors (Lipinski definition) is 3. The van der Waals surface area contributed by atoms with Gasteiger partial charge in [-0.1, -0.05) is 11.6 Å². The lowest BCUT2D eigenvalue weighted by atomic mass is 10.3. The van der Waals surface area contributed by atoms with Crippen LogP contribution < -0.4 is 15.8 Å². The molecule has 6 heteroatoms. The quantitative estimate of drug-likeness (QED) is 0.843. The van der Waals surface area contributed by atoms with Crippen molar-refractivity contribution in [1.82, 2.24) is 5.32 Å². The summed E-state index contributed by atoms with van der Waals surface area (Å²) in [6, 6.07) is 7.11. The van der Waals surface area contributed by atoms with E-state index >= 15 is 0 Å². The summed E-state index contributed by atoms with van der Waals surface area (Å²) in [4.78, 5) is 11.2. The van der Waals surface area contributed by atoms with Gasteiger partial charge in [-0.05, 0) is 31.2 Å². The minimum Gasteiger partial charge on any atom is -0.489 e. The number of benzene rings is 1. The van der Waals surface area contributed by atoms with Crippen molar-refractivity contribution in [3.05, 3.63) is 29.3 Å². The SMILES string of the molecule is CC(CNC(=O)CCN)Oc1ccc(Cl)cc1.Cl.